The summed E-state index contributed by atoms with van der Waals surface area (Å²) >= 11 is 0. The molecule has 3 N–H and O–H groups in total. The number of quaternary nitrogens is 1. The second kappa shape index (κ2) is 11.4. The molecule has 1 fully saturated rings. The number of nitrogens with one attached hydrogen (secondary N) is 2. The molecule has 0 heterocycles. The van der Waals surface area contributed by atoms with Crippen LogP contribution in [0.15, 0.2) is 54.6 Å². The number of rotatable bonds is 10. The zero-order valence-corrected chi connectivity index (χ0v) is 18.8. The average Bonchev–Trinajstić information content (AvgIpc) is 2.79. The van der Waals surface area contributed by atoms with E-state index in [-0.39, 0.29) is 17.2 Å². The molecule has 1 aliphatic carbocycles. The fourth-order valence-electron chi connectivity index (χ4n) is 3.46. The summed E-state index contributed by atoms with van der Waals surface area (Å²) in [4.78, 5) is 12.5. The van der Waals surface area contributed by atoms with E-state index in [1.165, 1.54) is 37.6 Å². The fraction of sp³-hybridized carbons (Fsp3) is 0.409. The van der Waals surface area contributed by atoms with E-state index in [0.717, 1.165) is 25.7 Å². The van der Waals surface area contributed by atoms with Crippen molar-refractivity contribution in [1.82, 2.24) is 5.09 Å². The van der Waals surface area contributed by atoms with E-state index >= 15 is 0 Å². The minimum absolute atomic E-state index is 0.0591. The molecule has 9 nitrogen and oxygen atoms in total. The van der Waals surface area contributed by atoms with Crippen LogP contribution in [0.5, 0.6) is 11.5 Å². The molecule has 1 aliphatic rings. The van der Waals surface area contributed by atoms with E-state index < -0.39 is 25.0 Å². The topological polar surface area (TPSA) is 122 Å². The normalized spacial score (nSPS) is 18.2. The van der Waals surface area contributed by atoms with Crippen LogP contribution in [0.25, 0.3) is 0 Å². The molecule has 0 spiro atoms. The lowest BCUT2D eigenvalue weighted by Crippen LogP contribution is -2.99. The summed E-state index contributed by atoms with van der Waals surface area (Å²) in [6, 6.07) is 12.9. The minimum Gasteiger partial charge on any atom is -0.595 e. The van der Waals surface area contributed by atoms with Crippen LogP contribution in [0.2, 0.25) is 0 Å². The first kappa shape index (κ1) is 24.2. The van der Waals surface area contributed by atoms with Crippen LogP contribution in [-0.2, 0) is 14.1 Å². The van der Waals surface area contributed by atoms with Crippen LogP contribution in [0, 0.1) is 11.1 Å². The van der Waals surface area contributed by atoms with Crippen LogP contribution in [0.1, 0.15) is 39.0 Å². The summed E-state index contributed by atoms with van der Waals surface area (Å²) < 4.78 is 30.1. The van der Waals surface area contributed by atoms with Gasteiger partial charge >= 0.3 is 13.7 Å². The highest BCUT2D eigenvalue weighted by Crippen LogP contribution is 2.45. The molecule has 32 heavy (non-hydrogen) atoms. The first-order chi connectivity index (χ1) is 15.3. The van der Waals surface area contributed by atoms with E-state index in [9.17, 15) is 14.6 Å². The molecule has 10 heteroatoms. The number of carbonyl (C=O) groups excluding carboxylic acids is 1. The minimum atomic E-state index is -4.07. The van der Waals surface area contributed by atoms with E-state index in [1.807, 2.05) is 0 Å². The SMILES string of the molecule is C[C@H](NP(=O)(Oc1ccccc1)Oc1ccc([NH+]([O-])O)cc1)C(=O)OCC1CCCCC1. The van der Waals surface area contributed by atoms with E-state index in [0.29, 0.717) is 12.5 Å². The molecule has 0 amide bonds. The highest BCUT2D eigenvalue weighted by atomic mass is 31.2. The number of hydrogen-bond acceptors (Lipinski definition) is 7. The summed E-state index contributed by atoms with van der Waals surface area (Å²) in [5.41, 5.74) is 0.0591. The predicted molar refractivity (Wildman–Crippen MR) is 118 cm³/mol. The highest BCUT2D eigenvalue weighted by Gasteiger charge is 2.34. The Bertz CT molecular complexity index is 902. The summed E-state index contributed by atoms with van der Waals surface area (Å²) in [5, 5.41) is 21.6. The lowest BCUT2D eigenvalue weighted by Gasteiger charge is -2.25. The molecule has 2 aromatic carbocycles. The zero-order chi connectivity index (χ0) is 23.0. The number of ether oxygens (including phenoxy) is 1. The maximum Gasteiger partial charge on any atom is 0.513 e. The van der Waals surface area contributed by atoms with E-state index in [4.69, 9.17) is 19.0 Å². The van der Waals surface area contributed by atoms with Gasteiger partial charge in [0.2, 0.25) is 0 Å². The second-order valence-corrected chi connectivity index (χ2v) is 9.43. The first-order valence-electron chi connectivity index (χ1n) is 10.7. The van der Waals surface area contributed by atoms with Gasteiger partial charge in [-0.05, 0) is 49.9 Å². The molecule has 0 saturated heterocycles. The van der Waals surface area contributed by atoms with Gasteiger partial charge in [-0.25, -0.2) is 9.77 Å². The number of esters is 1. The van der Waals surface area contributed by atoms with E-state index in [2.05, 4.69) is 5.09 Å². The van der Waals surface area contributed by atoms with Crippen LogP contribution in [0.4, 0.5) is 5.69 Å². The second-order valence-electron chi connectivity index (χ2n) is 7.81. The Balaban J connectivity index is 1.68. The van der Waals surface area contributed by atoms with Crippen LogP contribution in [-0.4, -0.2) is 23.8 Å². The number of benzene rings is 2. The Morgan fingerprint density at radius 2 is 1.69 bits per heavy atom. The van der Waals surface area contributed by atoms with Gasteiger partial charge in [0, 0.05) is 12.1 Å². The number of hydrogen-bond donors (Lipinski definition) is 3. The van der Waals surface area contributed by atoms with Gasteiger partial charge in [-0.2, -0.15) is 10.3 Å². The molecule has 0 bridgehead atoms. The third-order valence-corrected chi connectivity index (χ3v) is 6.79. The van der Waals surface area contributed by atoms with Crippen molar-refractivity contribution in [3.8, 4) is 11.5 Å². The lowest BCUT2D eigenvalue weighted by atomic mass is 9.90. The zero-order valence-electron chi connectivity index (χ0n) is 17.9. The Morgan fingerprint density at radius 1 is 1.09 bits per heavy atom. The summed E-state index contributed by atoms with van der Waals surface area (Å²) in [6.07, 6.45) is 5.59. The van der Waals surface area contributed by atoms with Gasteiger partial charge < -0.3 is 19.0 Å². The summed E-state index contributed by atoms with van der Waals surface area (Å²) in [7, 11) is -4.07. The molecule has 3 rings (SSSR count). The van der Waals surface area contributed by atoms with Crippen molar-refractivity contribution in [3.05, 3.63) is 59.8 Å². The molecule has 2 unspecified atom stereocenters. The monoisotopic (exact) mass is 464 g/mol. The van der Waals surface area contributed by atoms with Gasteiger partial charge in [0.1, 0.15) is 17.5 Å². The maximum atomic E-state index is 13.5. The largest absolute Gasteiger partial charge is 0.595 e. The van der Waals surface area contributed by atoms with E-state index in [1.54, 1.807) is 30.3 Å². The van der Waals surface area contributed by atoms with Crippen LogP contribution < -0.4 is 19.4 Å². The van der Waals surface area contributed by atoms with Crippen molar-refractivity contribution >= 4 is 19.4 Å². The maximum absolute atomic E-state index is 13.5. The predicted octanol–water partition coefficient (Wildman–Crippen LogP) is 3.76. The quantitative estimate of drug-likeness (QED) is 0.276. The highest BCUT2D eigenvalue weighted by molar-refractivity contribution is 7.52. The fourth-order valence-corrected chi connectivity index (χ4v) is 4.98. The smallest absolute Gasteiger partial charge is 0.513 e. The Hall–Kier alpha value is -2.42. The number of carbonyl (C=O) groups is 1. The van der Waals surface area contributed by atoms with Gasteiger partial charge in [0.15, 0.2) is 5.69 Å². The Kier molecular flexibility index (Phi) is 8.67. The van der Waals surface area contributed by atoms with Gasteiger partial charge in [0.25, 0.3) is 0 Å². The molecule has 2 aromatic rings. The molecule has 1 saturated carbocycles. The van der Waals surface area contributed by atoms with Crippen molar-refractivity contribution in [2.24, 2.45) is 5.92 Å². The molecule has 0 aliphatic heterocycles. The van der Waals surface area contributed by atoms with Crippen molar-refractivity contribution in [3.63, 3.8) is 0 Å². The molecule has 3 atom stereocenters. The third-order valence-electron chi connectivity index (χ3n) is 5.19. The molecular formula is C22H29N2O7P. The van der Waals surface area contributed by atoms with Crippen LogP contribution in [0.3, 0.4) is 0 Å². The summed E-state index contributed by atoms with van der Waals surface area (Å²) in [5.74, 6) is 0.228. The Morgan fingerprint density at radius 3 is 2.28 bits per heavy atom. The van der Waals surface area contributed by atoms with Crippen molar-refractivity contribution in [1.29, 1.82) is 0 Å². The van der Waals surface area contributed by atoms with Crippen molar-refractivity contribution < 1.29 is 33.6 Å². The molecule has 0 aromatic heterocycles. The first-order valence-corrected chi connectivity index (χ1v) is 12.2. The number of para-hydroxylation sites is 1. The van der Waals surface area contributed by atoms with Crippen molar-refractivity contribution in [2.45, 2.75) is 45.1 Å². The summed E-state index contributed by atoms with van der Waals surface area (Å²) in [6.45, 7) is 1.87. The molecule has 174 valence electrons. The Labute approximate surface area is 187 Å². The van der Waals surface area contributed by atoms with Gasteiger partial charge in [-0.3, -0.25) is 4.79 Å². The van der Waals surface area contributed by atoms with Gasteiger partial charge in [-0.1, -0.05) is 37.5 Å². The third kappa shape index (κ3) is 7.32. The standard InChI is InChI=1S/C22H29N2O7P/c1-17(22(25)29-16-18-8-4-2-5-9-18)23-32(28,30-20-10-6-3-7-11-20)31-21-14-12-19(13-15-21)24(26)27/h3,6-7,10-15,17-18,24,26H,2,4-5,8-9,16H2,1H3,(H,23,28)/t17-,32?/m0/s1. The average molecular weight is 464 g/mol. The van der Waals surface area contributed by atoms with Crippen molar-refractivity contribution in [2.75, 3.05) is 6.61 Å². The van der Waals surface area contributed by atoms with Crippen LogP contribution >= 0.6 is 7.75 Å². The lowest BCUT2D eigenvalue weighted by molar-refractivity contribution is -0.991. The van der Waals surface area contributed by atoms with Gasteiger partial charge in [-0.15, -0.1) is 0 Å². The molecule has 0 radical (unpaired) electrons. The molecular weight excluding hydrogens is 435 g/mol. The van der Waals surface area contributed by atoms with Gasteiger partial charge in [0.05, 0.1) is 6.61 Å².